The molecule has 0 aromatic heterocycles. The van der Waals surface area contributed by atoms with E-state index in [0.717, 1.165) is 37.1 Å². The number of likely N-dealkylation sites (tertiary alicyclic amines) is 1. The summed E-state index contributed by atoms with van der Waals surface area (Å²) >= 11 is 6.28. The van der Waals surface area contributed by atoms with Gasteiger partial charge in [-0.2, -0.15) is 0 Å². The van der Waals surface area contributed by atoms with E-state index in [0.29, 0.717) is 22.2 Å². The molecule has 28 heavy (non-hydrogen) atoms. The number of amides is 2. The van der Waals surface area contributed by atoms with E-state index in [1.165, 1.54) is 4.90 Å². The van der Waals surface area contributed by atoms with Crippen molar-refractivity contribution >= 4 is 29.0 Å². The molecule has 1 fully saturated rings. The Morgan fingerprint density at radius 2 is 1.71 bits per heavy atom. The van der Waals surface area contributed by atoms with Crippen molar-refractivity contribution in [3.63, 3.8) is 0 Å². The summed E-state index contributed by atoms with van der Waals surface area (Å²) < 4.78 is 0. The predicted octanol–water partition coefficient (Wildman–Crippen LogP) is 4.35. The van der Waals surface area contributed by atoms with E-state index < -0.39 is 0 Å². The molecule has 0 N–H and O–H groups in total. The van der Waals surface area contributed by atoms with E-state index in [1.807, 2.05) is 48.5 Å². The van der Waals surface area contributed by atoms with Crippen molar-refractivity contribution in [3.8, 4) is 0 Å². The molecule has 2 aromatic rings. The minimum Gasteiger partial charge on any atom is -0.366 e. The van der Waals surface area contributed by atoms with E-state index in [1.54, 1.807) is 6.07 Å². The Kier molecular flexibility index (Phi) is 5.23. The van der Waals surface area contributed by atoms with Crippen molar-refractivity contribution in [1.82, 2.24) is 9.80 Å². The highest BCUT2D eigenvalue weighted by Gasteiger charge is 2.42. The zero-order valence-corrected chi connectivity index (χ0v) is 16.7. The molecule has 2 aliphatic heterocycles. The fourth-order valence-electron chi connectivity index (χ4n) is 4.05. The Morgan fingerprint density at radius 3 is 2.43 bits per heavy atom. The van der Waals surface area contributed by atoms with Crippen LogP contribution in [0.2, 0.25) is 5.02 Å². The fourth-order valence-corrected chi connectivity index (χ4v) is 4.25. The van der Waals surface area contributed by atoms with Crippen LogP contribution in [0.3, 0.4) is 0 Å². The van der Waals surface area contributed by atoms with Gasteiger partial charge in [0.05, 0.1) is 12.1 Å². The lowest BCUT2D eigenvalue weighted by molar-refractivity contribution is -0.138. The topological polar surface area (TPSA) is 40.6 Å². The average molecular weight is 395 g/mol. The van der Waals surface area contributed by atoms with Gasteiger partial charge in [-0.1, -0.05) is 67.1 Å². The van der Waals surface area contributed by atoms with Gasteiger partial charge in [0.25, 0.3) is 11.8 Å². The van der Waals surface area contributed by atoms with Gasteiger partial charge in [-0.3, -0.25) is 14.5 Å². The van der Waals surface area contributed by atoms with E-state index in [-0.39, 0.29) is 18.4 Å². The molecule has 0 saturated carbocycles. The highest BCUT2D eigenvalue weighted by Crippen LogP contribution is 2.35. The third-order valence-electron chi connectivity index (χ3n) is 5.47. The van der Waals surface area contributed by atoms with Gasteiger partial charge >= 0.3 is 0 Å². The van der Waals surface area contributed by atoms with Gasteiger partial charge in [0.2, 0.25) is 0 Å². The number of benzene rings is 2. The Hall–Kier alpha value is -2.59. The van der Waals surface area contributed by atoms with Gasteiger partial charge in [-0.25, -0.2) is 0 Å². The molecule has 4 nitrogen and oxygen atoms in total. The Balaban J connectivity index is 1.74. The Morgan fingerprint density at radius 1 is 1.00 bits per heavy atom. The van der Waals surface area contributed by atoms with Crippen LogP contribution in [0.25, 0.3) is 5.57 Å². The number of carbonyl (C=O) groups is 2. The van der Waals surface area contributed by atoms with Gasteiger partial charge in [0.1, 0.15) is 5.70 Å². The third kappa shape index (κ3) is 3.45. The first-order valence-electron chi connectivity index (χ1n) is 9.70. The van der Waals surface area contributed by atoms with Crippen molar-refractivity contribution in [1.29, 1.82) is 0 Å². The average Bonchev–Trinajstić information content (AvgIpc) is 2.95. The first-order valence-corrected chi connectivity index (χ1v) is 10.1. The van der Waals surface area contributed by atoms with Crippen molar-refractivity contribution in [2.75, 3.05) is 13.1 Å². The highest BCUT2D eigenvalue weighted by atomic mass is 35.5. The molecule has 1 saturated heterocycles. The Bertz CT molecular complexity index is 939. The zero-order valence-electron chi connectivity index (χ0n) is 15.9. The monoisotopic (exact) mass is 394 g/mol. The lowest BCUT2D eigenvalue weighted by Gasteiger charge is -2.33. The molecule has 2 aliphatic rings. The molecule has 1 atom stereocenters. The summed E-state index contributed by atoms with van der Waals surface area (Å²) in [6, 6.07) is 16.8. The summed E-state index contributed by atoms with van der Waals surface area (Å²) in [5.41, 5.74) is 2.60. The maximum Gasteiger partial charge on any atom is 0.278 e. The summed E-state index contributed by atoms with van der Waals surface area (Å²) in [7, 11) is 0. The molecule has 1 unspecified atom stereocenters. The SMILES string of the molecule is CC1CCCN(C2=C(c3ccccc3)C(=O)N(Cc3ccccc3Cl)C2=O)C1. The maximum atomic E-state index is 13.4. The van der Waals surface area contributed by atoms with Crippen LogP contribution < -0.4 is 0 Å². The fraction of sp³-hybridized carbons (Fsp3) is 0.304. The van der Waals surface area contributed by atoms with Crippen molar-refractivity contribution in [2.24, 2.45) is 5.92 Å². The number of hydrogen-bond acceptors (Lipinski definition) is 3. The van der Waals surface area contributed by atoms with Crippen LogP contribution in [0.5, 0.6) is 0 Å². The molecule has 0 spiro atoms. The number of piperidine rings is 1. The van der Waals surface area contributed by atoms with Crippen molar-refractivity contribution in [2.45, 2.75) is 26.3 Å². The number of nitrogens with zero attached hydrogens (tertiary/aromatic N) is 2. The van der Waals surface area contributed by atoms with Gasteiger partial charge in [-0.15, -0.1) is 0 Å². The summed E-state index contributed by atoms with van der Waals surface area (Å²) in [5, 5.41) is 0.560. The van der Waals surface area contributed by atoms with E-state index in [4.69, 9.17) is 11.6 Å². The first kappa shape index (κ1) is 18.8. The van der Waals surface area contributed by atoms with Crippen LogP contribution in [0.4, 0.5) is 0 Å². The van der Waals surface area contributed by atoms with Crippen LogP contribution in [-0.4, -0.2) is 34.7 Å². The molecule has 2 aromatic carbocycles. The highest BCUT2D eigenvalue weighted by molar-refractivity contribution is 6.35. The Labute approximate surface area is 170 Å². The molecule has 0 aliphatic carbocycles. The van der Waals surface area contributed by atoms with Crippen molar-refractivity contribution in [3.05, 3.63) is 76.4 Å². The second kappa shape index (κ2) is 7.80. The molecule has 144 valence electrons. The van der Waals surface area contributed by atoms with Crippen LogP contribution in [0.15, 0.2) is 60.3 Å². The summed E-state index contributed by atoms with van der Waals surface area (Å²) in [4.78, 5) is 30.2. The van der Waals surface area contributed by atoms with Crippen LogP contribution in [0, 0.1) is 5.92 Å². The second-order valence-electron chi connectivity index (χ2n) is 7.57. The number of imide groups is 1. The number of hydrogen-bond donors (Lipinski definition) is 0. The molecule has 2 heterocycles. The van der Waals surface area contributed by atoms with Gasteiger partial charge in [0, 0.05) is 18.1 Å². The quantitative estimate of drug-likeness (QED) is 0.724. The minimum atomic E-state index is -0.246. The van der Waals surface area contributed by atoms with Crippen molar-refractivity contribution < 1.29 is 9.59 Å². The summed E-state index contributed by atoms with van der Waals surface area (Å²) in [6.45, 7) is 3.97. The summed E-state index contributed by atoms with van der Waals surface area (Å²) in [5.74, 6) is 0.0287. The van der Waals surface area contributed by atoms with Gasteiger partial charge < -0.3 is 4.90 Å². The molecule has 4 rings (SSSR count). The predicted molar refractivity (Wildman–Crippen MR) is 110 cm³/mol. The smallest absolute Gasteiger partial charge is 0.278 e. The van der Waals surface area contributed by atoms with Crippen LogP contribution in [0.1, 0.15) is 30.9 Å². The molecule has 5 heteroatoms. The summed E-state index contributed by atoms with van der Waals surface area (Å²) in [6.07, 6.45) is 2.18. The van der Waals surface area contributed by atoms with Gasteiger partial charge in [-0.05, 0) is 36.0 Å². The minimum absolute atomic E-state index is 0.181. The molecular weight excluding hydrogens is 372 g/mol. The number of rotatable bonds is 4. The second-order valence-corrected chi connectivity index (χ2v) is 7.98. The molecule has 0 radical (unpaired) electrons. The molecule has 0 bridgehead atoms. The van der Waals surface area contributed by atoms with Crippen LogP contribution in [-0.2, 0) is 16.1 Å². The lowest BCUT2D eigenvalue weighted by Crippen LogP contribution is -2.39. The van der Waals surface area contributed by atoms with E-state index >= 15 is 0 Å². The van der Waals surface area contributed by atoms with Crippen LogP contribution >= 0.6 is 11.6 Å². The van der Waals surface area contributed by atoms with Gasteiger partial charge in [0.15, 0.2) is 0 Å². The zero-order chi connectivity index (χ0) is 19.7. The number of carbonyl (C=O) groups excluding carboxylic acids is 2. The standard InChI is InChI=1S/C23H23ClN2O2/c1-16-8-7-13-25(14-16)21-20(17-9-3-2-4-10-17)22(27)26(23(21)28)15-18-11-5-6-12-19(18)24/h2-6,9-12,16H,7-8,13-15H2,1H3. The van der Waals surface area contributed by atoms with E-state index in [2.05, 4.69) is 11.8 Å². The van der Waals surface area contributed by atoms with E-state index in [9.17, 15) is 9.59 Å². The molecular formula is C23H23ClN2O2. The first-order chi connectivity index (χ1) is 13.6. The molecule has 2 amide bonds. The number of halogens is 1. The third-order valence-corrected chi connectivity index (χ3v) is 5.83. The largest absolute Gasteiger partial charge is 0.366 e. The lowest BCUT2D eigenvalue weighted by atomic mass is 9.98. The maximum absolute atomic E-state index is 13.4. The normalized spacial score (nSPS) is 20.3.